The molecule has 10 heteroatoms. The van der Waals surface area contributed by atoms with Gasteiger partial charge >= 0.3 is 6.03 Å². The summed E-state index contributed by atoms with van der Waals surface area (Å²) in [7, 11) is -4.28. The number of carbonyl (C=O) groups excluding carboxylic acids is 2. The second-order valence-corrected chi connectivity index (χ2v) is 9.92. The van der Waals surface area contributed by atoms with Gasteiger partial charge in [0.25, 0.3) is 10.0 Å². The number of rotatable bonds is 5. The summed E-state index contributed by atoms with van der Waals surface area (Å²) >= 11 is 3.25. The molecular weight excluding hydrogens is 450 g/mol. The number of sulfonamides is 1. The van der Waals surface area contributed by atoms with Crippen LogP contribution in [-0.4, -0.2) is 55.0 Å². The van der Waals surface area contributed by atoms with Gasteiger partial charge in [0.05, 0.1) is 17.0 Å². The van der Waals surface area contributed by atoms with Crippen molar-refractivity contribution < 1.29 is 23.1 Å². The van der Waals surface area contributed by atoms with Crippen molar-refractivity contribution in [2.24, 2.45) is 5.92 Å². The van der Waals surface area contributed by atoms with E-state index < -0.39 is 34.1 Å². The summed E-state index contributed by atoms with van der Waals surface area (Å²) in [6, 6.07) is 3.83. The quantitative estimate of drug-likeness (QED) is 0.598. The Morgan fingerprint density at radius 3 is 2.57 bits per heavy atom. The fourth-order valence-electron chi connectivity index (χ4n) is 3.04. The van der Waals surface area contributed by atoms with Crippen LogP contribution in [0.15, 0.2) is 33.6 Å². The number of nitrogens with zero attached hydrogens (tertiary/aromatic N) is 1. The molecule has 1 saturated heterocycles. The fourth-order valence-corrected chi connectivity index (χ4v) is 4.88. The summed E-state index contributed by atoms with van der Waals surface area (Å²) in [4.78, 5) is 24.8. The predicted octanol–water partition coefficient (Wildman–Crippen LogP) is 1.84. The molecule has 1 unspecified atom stereocenters. The minimum atomic E-state index is -4.28. The summed E-state index contributed by atoms with van der Waals surface area (Å²) < 4.78 is 27.8. The summed E-state index contributed by atoms with van der Waals surface area (Å²) in [5.41, 5.74) is 0. The number of hydrogen-bond donors (Lipinski definition) is 3. The zero-order valence-electron chi connectivity index (χ0n) is 15.9. The fraction of sp³-hybridized carbons (Fsp3) is 0.556. The van der Waals surface area contributed by atoms with Crippen LogP contribution in [0.4, 0.5) is 4.79 Å². The molecule has 156 valence electrons. The summed E-state index contributed by atoms with van der Waals surface area (Å²) in [5, 5.41) is 15.6. The molecular formula is C18H26BrN3O5S. The first-order chi connectivity index (χ1) is 13.1. The maximum absolute atomic E-state index is 13.3. The molecule has 3 N–H and O–H groups in total. The van der Waals surface area contributed by atoms with Crippen molar-refractivity contribution in [3.63, 3.8) is 0 Å². The number of carbonyl (C=O) groups is 2. The van der Waals surface area contributed by atoms with Crippen LogP contribution in [-0.2, 0) is 14.8 Å². The largest absolute Gasteiger partial charge is 0.390 e. The number of hydrogen-bond acceptors (Lipinski definition) is 6. The molecule has 2 rings (SSSR count). The van der Waals surface area contributed by atoms with Gasteiger partial charge in [-0.15, -0.1) is 0 Å². The zero-order valence-corrected chi connectivity index (χ0v) is 18.3. The monoisotopic (exact) mass is 475 g/mol. The van der Waals surface area contributed by atoms with Crippen molar-refractivity contribution in [2.75, 3.05) is 13.1 Å². The molecule has 1 fully saturated rings. The van der Waals surface area contributed by atoms with Gasteiger partial charge in [0.2, 0.25) is 5.91 Å². The molecule has 1 aromatic rings. The van der Waals surface area contributed by atoms with Crippen LogP contribution >= 0.6 is 15.9 Å². The minimum Gasteiger partial charge on any atom is -0.390 e. The number of aliphatic hydroxyl groups excluding tert-OH is 1. The Labute approximate surface area is 173 Å². The third-order valence-electron chi connectivity index (χ3n) is 4.36. The highest BCUT2D eigenvalue weighted by Crippen LogP contribution is 2.25. The maximum atomic E-state index is 13.3. The topological polar surface area (TPSA) is 116 Å². The van der Waals surface area contributed by atoms with Crippen LogP contribution in [0.2, 0.25) is 0 Å². The van der Waals surface area contributed by atoms with Crippen molar-refractivity contribution in [2.45, 2.75) is 50.2 Å². The van der Waals surface area contributed by atoms with E-state index in [9.17, 15) is 23.1 Å². The second kappa shape index (κ2) is 9.82. The summed E-state index contributed by atoms with van der Waals surface area (Å²) in [6.45, 7) is 4.40. The van der Waals surface area contributed by atoms with Gasteiger partial charge in [0, 0.05) is 17.4 Å². The normalized spacial score (nSPS) is 20.5. The van der Waals surface area contributed by atoms with Crippen molar-refractivity contribution in [3.05, 3.63) is 28.7 Å². The zero-order chi connectivity index (χ0) is 20.9. The third kappa shape index (κ3) is 5.76. The highest BCUT2D eigenvalue weighted by atomic mass is 79.9. The lowest BCUT2D eigenvalue weighted by molar-refractivity contribution is -0.120. The number of nitrogens with one attached hydrogen (secondary N) is 2. The van der Waals surface area contributed by atoms with E-state index in [-0.39, 0.29) is 30.2 Å². The maximum Gasteiger partial charge on any atom is 0.338 e. The van der Waals surface area contributed by atoms with Gasteiger partial charge in [0.1, 0.15) is 0 Å². The molecule has 0 spiro atoms. The SMILES string of the molecule is CC(C)CC(=O)NC(=O)N(C1CCCNC[C@@H]1O)S(=O)(=O)c1ccc(Br)cc1. The molecule has 0 radical (unpaired) electrons. The molecule has 1 aromatic carbocycles. The van der Waals surface area contributed by atoms with Gasteiger partial charge in [-0.25, -0.2) is 17.5 Å². The molecule has 0 aliphatic carbocycles. The van der Waals surface area contributed by atoms with E-state index in [4.69, 9.17) is 0 Å². The number of amides is 3. The van der Waals surface area contributed by atoms with E-state index in [2.05, 4.69) is 26.6 Å². The van der Waals surface area contributed by atoms with Crippen molar-refractivity contribution in [1.29, 1.82) is 0 Å². The van der Waals surface area contributed by atoms with Crippen LogP contribution < -0.4 is 10.6 Å². The lowest BCUT2D eigenvalue weighted by atomic mass is 10.1. The first-order valence-corrected chi connectivity index (χ1v) is 11.4. The lowest BCUT2D eigenvalue weighted by Gasteiger charge is -2.32. The Bertz CT molecular complexity index is 798. The number of urea groups is 1. The van der Waals surface area contributed by atoms with Crippen LogP contribution in [0.3, 0.4) is 0 Å². The predicted molar refractivity (Wildman–Crippen MR) is 108 cm³/mol. The van der Waals surface area contributed by atoms with Crippen LogP contribution in [0.5, 0.6) is 0 Å². The molecule has 0 aromatic heterocycles. The Morgan fingerprint density at radius 2 is 1.96 bits per heavy atom. The molecule has 28 heavy (non-hydrogen) atoms. The van der Waals surface area contributed by atoms with E-state index in [1.165, 1.54) is 12.1 Å². The van der Waals surface area contributed by atoms with Crippen LogP contribution in [0, 0.1) is 5.92 Å². The first-order valence-electron chi connectivity index (χ1n) is 9.15. The molecule has 1 heterocycles. The Morgan fingerprint density at radius 1 is 1.32 bits per heavy atom. The van der Waals surface area contributed by atoms with Gasteiger partial charge < -0.3 is 10.4 Å². The summed E-state index contributed by atoms with van der Waals surface area (Å²) in [5.74, 6) is -0.547. The molecule has 0 saturated carbocycles. The molecule has 1 aliphatic heterocycles. The smallest absolute Gasteiger partial charge is 0.338 e. The number of β-amino-alcohol motifs (C(OH)–C–C–N with tert-alkyl or cyclic N) is 1. The minimum absolute atomic E-state index is 0.0111. The van der Waals surface area contributed by atoms with E-state index in [0.29, 0.717) is 21.7 Å². The Balaban J connectivity index is 2.41. The highest BCUT2D eigenvalue weighted by molar-refractivity contribution is 9.10. The van der Waals surface area contributed by atoms with Gasteiger partial charge in [-0.2, -0.15) is 0 Å². The van der Waals surface area contributed by atoms with Gasteiger partial charge in [-0.1, -0.05) is 29.8 Å². The van der Waals surface area contributed by atoms with E-state index in [1.54, 1.807) is 12.1 Å². The van der Waals surface area contributed by atoms with Crippen molar-refractivity contribution >= 4 is 37.9 Å². The number of halogens is 1. The third-order valence-corrected chi connectivity index (χ3v) is 6.71. The van der Waals surface area contributed by atoms with E-state index in [1.807, 2.05) is 13.8 Å². The Kier molecular flexibility index (Phi) is 7.99. The number of aliphatic hydroxyl groups is 1. The number of imide groups is 1. The van der Waals surface area contributed by atoms with Gasteiger partial charge in [0.15, 0.2) is 0 Å². The average molecular weight is 476 g/mol. The van der Waals surface area contributed by atoms with Crippen molar-refractivity contribution in [1.82, 2.24) is 14.9 Å². The molecule has 0 bridgehead atoms. The number of benzene rings is 1. The van der Waals surface area contributed by atoms with Gasteiger partial charge in [-0.05, 0) is 49.6 Å². The molecule has 3 amide bonds. The van der Waals surface area contributed by atoms with E-state index >= 15 is 0 Å². The van der Waals surface area contributed by atoms with Crippen LogP contribution in [0.25, 0.3) is 0 Å². The molecule has 2 atom stereocenters. The van der Waals surface area contributed by atoms with Crippen LogP contribution in [0.1, 0.15) is 33.1 Å². The van der Waals surface area contributed by atoms with E-state index in [0.717, 1.165) is 0 Å². The molecule has 1 aliphatic rings. The standard InChI is InChI=1S/C18H26BrN3O5S/c1-12(2)10-17(24)21-18(25)22(15-4-3-9-20-11-16(15)23)28(26,27)14-7-5-13(19)6-8-14/h5-8,12,15-16,20,23H,3-4,9-11H2,1-2H3,(H,21,24,25)/t15?,16-/m0/s1. The first kappa shape index (κ1) is 22.8. The molecule has 8 nitrogen and oxygen atoms in total. The second-order valence-electron chi connectivity index (χ2n) is 7.19. The average Bonchev–Trinajstić information content (AvgIpc) is 2.79. The highest BCUT2D eigenvalue weighted by Gasteiger charge is 2.40. The lowest BCUT2D eigenvalue weighted by Crippen LogP contribution is -2.55. The van der Waals surface area contributed by atoms with Gasteiger partial charge in [-0.3, -0.25) is 10.1 Å². The summed E-state index contributed by atoms with van der Waals surface area (Å²) in [6.07, 6.45) is -0.123. The van der Waals surface area contributed by atoms with Crippen molar-refractivity contribution in [3.8, 4) is 0 Å². The Hall–Kier alpha value is -1.49.